The van der Waals surface area contributed by atoms with E-state index >= 15 is 0 Å². The van der Waals surface area contributed by atoms with E-state index in [1.807, 2.05) is 0 Å². The third-order valence-electron chi connectivity index (χ3n) is 3.60. The Hall–Kier alpha value is -3.22. The maximum absolute atomic E-state index is 13.4. The second-order valence-corrected chi connectivity index (χ2v) is 5.00. The molecule has 0 saturated carbocycles. The minimum atomic E-state index is -1.20. The average Bonchev–Trinajstić information content (AvgIpc) is 2.80. The molecule has 7 heteroatoms. The number of amides is 2. The Kier molecular flexibility index (Phi) is 3.76. The summed E-state index contributed by atoms with van der Waals surface area (Å²) in [6.07, 6.45) is 0. The Morgan fingerprint density at radius 2 is 1.62 bits per heavy atom. The van der Waals surface area contributed by atoms with Gasteiger partial charge in [0.2, 0.25) is 0 Å². The summed E-state index contributed by atoms with van der Waals surface area (Å²) in [4.78, 5) is 25.3. The lowest BCUT2D eigenvalue weighted by atomic mass is 10.1. The Morgan fingerprint density at radius 3 is 2.21 bits per heavy atom. The van der Waals surface area contributed by atoms with Crippen molar-refractivity contribution in [3.05, 3.63) is 65.4 Å². The fourth-order valence-electron chi connectivity index (χ4n) is 2.39. The molecule has 1 aliphatic heterocycles. The predicted molar refractivity (Wildman–Crippen MR) is 81.4 cm³/mol. The second kappa shape index (κ2) is 5.77. The van der Waals surface area contributed by atoms with E-state index in [0.29, 0.717) is 16.2 Å². The van der Waals surface area contributed by atoms with Gasteiger partial charge in [0, 0.05) is 6.07 Å². The lowest BCUT2D eigenvalue weighted by Crippen LogP contribution is -2.31. The van der Waals surface area contributed by atoms with Gasteiger partial charge in [0.1, 0.15) is 5.75 Å². The van der Waals surface area contributed by atoms with E-state index in [2.05, 4.69) is 0 Å². The maximum atomic E-state index is 13.4. The van der Waals surface area contributed by atoms with Gasteiger partial charge in [0.05, 0.1) is 18.4 Å². The van der Waals surface area contributed by atoms with Crippen LogP contribution in [0.5, 0.6) is 5.75 Å². The summed E-state index contributed by atoms with van der Waals surface area (Å²) in [5.41, 5.74) is -0.0805. The van der Waals surface area contributed by atoms with Gasteiger partial charge in [-0.2, -0.15) is 0 Å². The standard InChI is InChI=1S/C17H11F2NO4/c1-24-11-5-2-9(3-6-11)14-15(21)17(23)20(16(14)22)10-4-7-12(18)13(19)8-10/h2-8,21H,1H3. The zero-order valence-electron chi connectivity index (χ0n) is 12.4. The molecule has 122 valence electrons. The minimum Gasteiger partial charge on any atom is -0.502 e. The van der Waals surface area contributed by atoms with E-state index in [-0.39, 0.29) is 11.3 Å². The number of rotatable bonds is 3. The van der Waals surface area contributed by atoms with Crippen LogP contribution < -0.4 is 9.64 Å². The highest BCUT2D eigenvalue weighted by Crippen LogP contribution is 2.33. The fourth-order valence-corrected chi connectivity index (χ4v) is 2.39. The quantitative estimate of drug-likeness (QED) is 0.878. The third-order valence-corrected chi connectivity index (χ3v) is 3.60. The molecule has 1 heterocycles. The van der Waals surface area contributed by atoms with Crippen molar-refractivity contribution in [3.8, 4) is 5.75 Å². The van der Waals surface area contributed by atoms with Crippen molar-refractivity contribution in [1.82, 2.24) is 0 Å². The summed E-state index contributed by atoms with van der Waals surface area (Å²) >= 11 is 0. The number of aliphatic hydroxyl groups excluding tert-OH is 1. The van der Waals surface area contributed by atoms with Crippen molar-refractivity contribution in [2.45, 2.75) is 0 Å². The van der Waals surface area contributed by atoms with Crippen LogP contribution in [0.2, 0.25) is 0 Å². The molecule has 0 saturated heterocycles. The van der Waals surface area contributed by atoms with Gasteiger partial charge in [-0.1, -0.05) is 12.1 Å². The molecule has 0 atom stereocenters. The summed E-state index contributed by atoms with van der Waals surface area (Å²) in [5.74, 6) is -4.36. The van der Waals surface area contributed by atoms with Crippen molar-refractivity contribution in [3.63, 3.8) is 0 Å². The van der Waals surface area contributed by atoms with E-state index in [9.17, 15) is 23.5 Å². The van der Waals surface area contributed by atoms with Crippen molar-refractivity contribution >= 4 is 23.1 Å². The number of carbonyl (C=O) groups is 2. The summed E-state index contributed by atoms with van der Waals surface area (Å²) in [7, 11) is 1.47. The molecule has 2 aromatic carbocycles. The first kappa shape index (κ1) is 15.7. The highest BCUT2D eigenvalue weighted by atomic mass is 19.2. The number of aliphatic hydroxyl groups is 1. The molecule has 0 unspecified atom stereocenters. The first-order valence-electron chi connectivity index (χ1n) is 6.85. The van der Waals surface area contributed by atoms with E-state index in [1.54, 1.807) is 12.1 Å². The maximum Gasteiger partial charge on any atom is 0.301 e. The monoisotopic (exact) mass is 331 g/mol. The van der Waals surface area contributed by atoms with Crippen LogP contribution in [0.3, 0.4) is 0 Å². The molecule has 1 N–H and O–H groups in total. The van der Waals surface area contributed by atoms with Gasteiger partial charge in [-0.3, -0.25) is 9.59 Å². The van der Waals surface area contributed by atoms with E-state index in [0.717, 1.165) is 18.2 Å². The summed E-state index contributed by atoms with van der Waals surface area (Å²) in [6.45, 7) is 0. The summed E-state index contributed by atoms with van der Waals surface area (Å²) < 4.78 is 31.4. The third kappa shape index (κ3) is 2.40. The average molecular weight is 331 g/mol. The number of hydrogen-bond donors (Lipinski definition) is 1. The molecule has 2 amide bonds. The molecular formula is C17H11F2NO4. The largest absolute Gasteiger partial charge is 0.502 e. The van der Waals surface area contributed by atoms with Crippen molar-refractivity contribution in [1.29, 1.82) is 0 Å². The zero-order chi connectivity index (χ0) is 17.4. The van der Waals surface area contributed by atoms with Gasteiger partial charge < -0.3 is 9.84 Å². The van der Waals surface area contributed by atoms with E-state index in [1.165, 1.54) is 19.2 Å². The molecule has 1 aliphatic rings. The molecule has 0 fully saturated rings. The van der Waals surface area contributed by atoms with Gasteiger partial charge in [-0.25, -0.2) is 13.7 Å². The molecule has 0 aliphatic carbocycles. The Balaban J connectivity index is 2.02. The Labute approximate surface area is 135 Å². The molecule has 0 radical (unpaired) electrons. The molecule has 24 heavy (non-hydrogen) atoms. The number of methoxy groups -OCH3 is 1. The lowest BCUT2D eigenvalue weighted by Gasteiger charge is -2.14. The minimum absolute atomic E-state index is 0.168. The highest BCUT2D eigenvalue weighted by Gasteiger charge is 2.40. The van der Waals surface area contributed by atoms with E-state index in [4.69, 9.17) is 4.74 Å². The molecule has 0 spiro atoms. The number of benzene rings is 2. The van der Waals surface area contributed by atoms with Crippen LogP contribution >= 0.6 is 0 Å². The Bertz CT molecular complexity index is 875. The van der Waals surface area contributed by atoms with Gasteiger partial charge >= 0.3 is 5.91 Å². The van der Waals surface area contributed by atoms with Crippen molar-refractivity contribution < 1.29 is 28.2 Å². The molecule has 3 rings (SSSR count). The Morgan fingerprint density at radius 1 is 0.958 bits per heavy atom. The van der Waals surface area contributed by atoms with Crippen molar-refractivity contribution in [2.75, 3.05) is 12.0 Å². The number of hydrogen-bond acceptors (Lipinski definition) is 4. The highest BCUT2D eigenvalue weighted by molar-refractivity contribution is 6.44. The smallest absolute Gasteiger partial charge is 0.301 e. The fraction of sp³-hybridized carbons (Fsp3) is 0.0588. The summed E-state index contributed by atoms with van der Waals surface area (Å²) in [5, 5.41) is 10.0. The number of ether oxygens (including phenoxy) is 1. The van der Waals surface area contributed by atoms with Crippen LogP contribution in [0, 0.1) is 11.6 Å². The number of nitrogens with zero attached hydrogens (tertiary/aromatic N) is 1. The molecular weight excluding hydrogens is 320 g/mol. The number of carbonyl (C=O) groups excluding carboxylic acids is 2. The predicted octanol–water partition coefficient (Wildman–Crippen LogP) is 2.82. The van der Waals surface area contributed by atoms with Crippen LogP contribution in [0.15, 0.2) is 48.2 Å². The topological polar surface area (TPSA) is 66.8 Å². The van der Waals surface area contributed by atoms with Gasteiger partial charge in [-0.15, -0.1) is 0 Å². The van der Waals surface area contributed by atoms with Crippen LogP contribution in [0.1, 0.15) is 5.56 Å². The molecule has 0 bridgehead atoms. The zero-order valence-corrected chi connectivity index (χ0v) is 12.4. The van der Waals surface area contributed by atoms with Crippen LogP contribution in [-0.2, 0) is 9.59 Å². The van der Waals surface area contributed by atoms with Crippen LogP contribution in [0.25, 0.3) is 5.57 Å². The van der Waals surface area contributed by atoms with Crippen LogP contribution in [0.4, 0.5) is 14.5 Å². The first-order valence-corrected chi connectivity index (χ1v) is 6.85. The van der Waals surface area contributed by atoms with Crippen molar-refractivity contribution in [2.24, 2.45) is 0 Å². The van der Waals surface area contributed by atoms with E-state index < -0.39 is 29.2 Å². The molecule has 5 nitrogen and oxygen atoms in total. The summed E-state index contributed by atoms with van der Waals surface area (Å²) in [6, 6.07) is 8.73. The SMILES string of the molecule is COc1ccc(C2=C(O)C(=O)N(c3ccc(F)c(F)c3)C2=O)cc1. The van der Waals surface area contributed by atoms with Crippen LogP contribution in [-0.4, -0.2) is 24.0 Å². The second-order valence-electron chi connectivity index (χ2n) is 5.00. The molecule has 2 aromatic rings. The van der Waals surface area contributed by atoms with Gasteiger partial charge in [0.25, 0.3) is 5.91 Å². The number of anilines is 1. The van der Waals surface area contributed by atoms with Gasteiger partial charge in [0.15, 0.2) is 17.4 Å². The number of imide groups is 1. The first-order chi connectivity index (χ1) is 11.4. The number of halogens is 2. The van der Waals surface area contributed by atoms with Gasteiger partial charge in [-0.05, 0) is 29.8 Å². The normalized spacial score (nSPS) is 14.5. The lowest BCUT2D eigenvalue weighted by molar-refractivity contribution is -0.121. The molecule has 0 aromatic heterocycles.